The van der Waals surface area contributed by atoms with Gasteiger partial charge in [0.2, 0.25) is 0 Å². The summed E-state index contributed by atoms with van der Waals surface area (Å²) in [5.74, 6) is 0. The first-order chi connectivity index (χ1) is 20.9. The van der Waals surface area contributed by atoms with Crippen molar-refractivity contribution in [3.05, 3.63) is 92.0 Å². The molecule has 0 aliphatic rings. The van der Waals surface area contributed by atoms with E-state index in [1.165, 1.54) is 55.6 Å². The Labute approximate surface area is 345 Å². The van der Waals surface area contributed by atoms with Crippen LogP contribution in [0.2, 0.25) is 58.9 Å². The minimum atomic E-state index is -2.83. The first kappa shape index (κ1) is 49.5. The summed E-state index contributed by atoms with van der Waals surface area (Å²) in [6.07, 6.45) is 0. The molecule has 0 radical (unpaired) electrons. The molecule has 0 nitrogen and oxygen atoms in total. The van der Waals surface area contributed by atoms with Gasteiger partial charge in [0, 0.05) is 0 Å². The van der Waals surface area contributed by atoms with Gasteiger partial charge in [0.25, 0.3) is 0 Å². The maximum Gasteiger partial charge on any atom is 4.00 e. The van der Waals surface area contributed by atoms with Gasteiger partial charge in [0.1, 0.15) is 8.07 Å². The Kier molecular flexibility index (Phi) is 16.7. The van der Waals surface area contributed by atoms with Crippen LogP contribution in [0.15, 0.2) is 36.4 Å². The summed E-state index contributed by atoms with van der Waals surface area (Å²) >= 11 is 0. The summed E-state index contributed by atoms with van der Waals surface area (Å²) in [5, 5.41) is 11.2. The van der Waals surface area contributed by atoms with Gasteiger partial charge in [0.15, 0.2) is 0 Å². The van der Waals surface area contributed by atoms with E-state index in [2.05, 4.69) is 165 Å². The number of benzene rings is 3. The van der Waals surface area contributed by atoms with Gasteiger partial charge in [-0.1, -0.05) is 154 Å². The molecule has 0 fully saturated rings. The number of hydrogen-bond donors (Lipinski definition) is 0. The molecule has 50 heavy (non-hydrogen) atoms. The van der Waals surface area contributed by atoms with Gasteiger partial charge in [-0.3, -0.25) is 0 Å². The molecule has 0 heterocycles. The Bertz CT molecular complexity index is 1660. The minimum absolute atomic E-state index is 0. The standard InChI is InChI=1S/C42H63Si4.3ClH.Ti/c1-26-27(2)35(10)42(34(26)9)46(39-23-20-36(43(11,12)13)28(3)31(39)6,40-24-21-37(44(14,15)16)29(4)32(40)7)41-25-22-38(45(17,18)19)30(5)33(41)8;;;;/h20-25H,1-19H3;3*1H;/q-1;;;;+4/p-3. The smallest absolute Gasteiger partial charge is 1.00 e. The van der Waals surface area contributed by atoms with Crippen LogP contribution in [0.5, 0.6) is 0 Å². The van der Waals surface area contributed by atoms with E-state index in [0.717, 1.165) is 0 Å². The van der Waals surface area contributed by atoms with E-state index in [9.17, 15) is 0 Å². The van der Waals surface area contributed by atoms with Gasteiger partial charge in [-0.25, -0.2) is 0 Å². The molecular weight excluding hydrogens is 771 g/mol. The van der Waals surface area contributed by atoms with Gasteiger partial charge in [-0.2, -0.15) is 22.3 Å². The SMILES string of the molecule is Cc1c([Si](C)(C)C)ccc([Si](c2ccc([Si](C)(C)C)c(C)c2C)(c2ccc([Si](C)(C)C)c(C)c2C)[c-]2c(C)c(C)c(C)c2C)c1C.[Cl-].[Cl-].[Cl-].[Ti+4]. The fourth-order valence-corrected chi connectivity index (χ4v) is 20.9. The van der Waals surface area contributed by atoms with Crippen LogP contribution < -0.4 is 73.5 Å². The molecule has 4 aromatic carbocycles. The summed E-state index contributed by atoms with van der Waals surface area (Å²) in [6.45, 7) is 46.8. The fraction of sp³-hybridized carbons (Fsp3) is 0.452. The van der Waals surface area contributed by atoms with Crippen molar-refractivity contribution >= 4 is 68.6 Å². The first-order valence-corrected chi connectivity index (χ1v) is 30.0. The Hall–Kier alpha value is -0.538. The van der Waals surface area contributed by atoms with Crippen molar-refractivity contribution in [1.29, 1.82) is 0 Å². The molecule has 4 aromatic rings. The predicted octanol–water partition coefficient (Wildman–Crippen LogP) is -1.49. The summed E-state index contributed by atoms with van der Waals surface area (Å²) in [7, 11) is -7.41. The van der Waals surface area contributed by atoms with Crippen molar-refractivity contribution in [3.8, 4) is 0 Å². The molecule has 0 aromatic heterocycles. The van der Waals surface area contributed by atoms with Crippen molar-refractivity contribution in [3.63, 3.8) is 0 Å². The van der Waals surface area contributed by atoms with Crippen LogP contribution in [-0.4, -0.2) is 32.3 Å². The molecule has 0 aliphatic carbocycles. The molecule has 0 saturated heterocycles. The van der Waals surface area contributed by atoms with Gasteiger partial charge < -0.3 is 37.2 Å². The van der Waals surface area contributed by atoms with E-state index in [4.69, 9.17) is 0 Å². The largest absolute Gasteiger partial charge is 4.00 e. The van der Waals surface area contributed by atoms with E-state index in [1.54, 1.807) is 36.3 Å². The van der Waals surface area contributed by atoms with Crippen molar-refractivity contribution < 1.29 is 58.9 Å². The van der Waals surface area contributed by atoms with Crippen LogP contribution in [0.4, 0.5) is 0 Å². The molecule has 0 atom stereocenters. The zero-order valence-electron chi connectivity index (χ0n) is 34.6. The molecule has 8 heteroatoms. The minimum Gasteiger partial charge on any atom is -1.00 e. The Morgan fingerprint density at radius 3 is 0.700 bits per heavy atom. The third-order valence-corrected chi connectivity index (χ3v) is 23.8. The van der Waals surface area contributed by atoms with Gasteiger partial charge in [-0.05, 0) is 74.9 Å². The van der Waals surface area contributed by atoms with Crippen LogP contribution in [0.1, 0.15) is 55.6 Å². The van der Waals surface area contributed by atoms with E-state index in [-0.39, 0.29) is 58.9 Å². The van der Waals surface area contributed by atoms with E-state index < -0.39 is 32.3 Å². The van der Waals surface area contributed by atoms with Gasteiger partial charge in [-0.15, -0.1) is 5.19 Å². The van der Waals surface area contributed by atoms with Crippen LogP contribution in [0.25, 0.3) is 0 Å². The average Bonchev–Trinajstić information content (AvgIpc) is 3.11. The maximum atomic E-state index is 2.61. The summed E-state index contributed by atoms with van der Waals surface area (Å²) in [5.41, 5.74) is 15.0. The maximum absolute atomic E-state index is 2.83. The Morgan fingerprint density at radius 1 is 0.320 bits per heavy atom. The molecule has 0 aliphatic heterocycles. The van der Waals surface area contributed by atoms with Crippen molar-refractivity contribution in [1.82, 2.24) is 0 Å². The second kappa shape index (κ2) is 16.9. The van der Waals surface area contributed by atoms with E-state index in [1.807, 2.05) is 0 Å². The van der Waals surface area contributed by atoms with Crippen molar-refractivity contribution in [2.75, 3.05) is 0 Å². The molecule has 0 bridgehead atoms. The van der Waals surface area contributed by atoms with Crippen LogP contribution in [-0.2, 0) is 21.7 Å². The van der Waals surface area contributed by atoms with E-state index in [0.29, 0.717) is 0 Å². The van der Waals surface area contributed by atoms with E-state index >= 15 is 0 Å². The zero-order chi connectivity index (χ0) is 35.1. The second-order valence-corrected chi connectivity index (χ2v) is 36.3. The Balaban J connectivity index is 0.00000600. The average molecular weight is 835 g/mol. The van der Waals surface area contributed by atoms with Crippen LogP contribution in [0, 0.1) is 69.2 Å². The predicted molar refractivity (Wildman–Crippen MR) is 222 cm³/mol. The second-order valence-electron chi connectivity index (χ2n) is 17.6. The third kappa shape index (κ3) is 8.10. The summed E-state index contributed by atoms with van der Waals surface area (Å²) in [4.78, 5) is 0. The first-order valence-electron chi connectivity index (χ1n) is 17.5. The number of rotatable bonds is 7. The van der Waals surface area contributed by atoms with Gasteiger partial charge in [0.05, 0.1) is 24.2 Å². The molecule has 4 rings (SSSR count). The van der Waals surface area contributed by atoms with Gasteiger partial charge >= 0.3 is 21.7 Å². The van der Waals surface area contributed by atoms with Crippen molar-refractivity contribution in [2.24, 2.45) is 0 Å². The summed E-state index contributed by atoms with van der Waals surface area (Å²) in [6, 6.07) is 15.5. The molecule has 0 N–H and O–H groups in total. The normalized spacial score (nSPS) is 12.1. The fourth-order valence-electron chi connectivity index (χ4n) is 8.74. The topological polar surface area (TPSA) is 0 Å². The molecule has 0 unspecified atom stereocenters. The quantitative estimate of drug-likeness (QED) is 0.121. The zero-order valence-corrected chi connectivity index (χ0v) is 42.4. The summed E-state index contributed by atoms with van der Waals surface area (Å²) < 4.78 is 0. The molecule has 0 saturated carbocycles. The third-order valence-electron chi connectivity index (χ3n) is 11.8. The number of halogens is 3. The molecule has 0 amide bonds. The van der Waals surface area contributed by atoms with Crippen LogP contribution in [0.3, 0.4) is 0 Å². The molecule has 272 valence electrons. The van der Waals surface area contributed by atoms with Crippen LogP contribution >= 0.6 is 0 Å². The monoisotopic (exact) mass is 832 g/mol. The molecule has 0 spiro atoms. The molecular formula is C42H63Cl3Si4Ti. The number of hydrogen-bond acceptors (Lipinski definition) is 0. The Morgan fingerprint density at radius 2 is 0.500 bits per heavy atom. The van der Waals surface area contributed by atoms with Crippen molar-refractivity contribution in [2.45, 2.75) is 128 Å².